The summed E-state index contributed by atoms with van der Waals surface area (Å²) in [6.07, 6.45) is 0. The lowest BCUT2D eigenvalue weighted by Crippen LogP contribution is -2.23. The number of carboxylic acids is 1. The molecule has 0 radical (unpaired) electrons. The van der Waals surface area contributed by atoms with E-state index in [1.165, 1.54) is 20.3 Å². The molecule has 0 spiro atoms. The number of carbonyl (C=O) groups is 2. The average Bonchev–Trinajstić information content (AvgIpc) is 2.76. The number of nitrogens with one attached hydrogen (secondary N) is 1. The minimum absolute atomic E-state index is 0.0584. The summed E-state index contributed by atoms with van der Waals surface area (Å²) >= 11 is 12.0. The standard InChI is InChI=1S/C23H19Cl2NO5/c1-30-20-7-3-13(14-4-8-21(31-2)18(10-14)23(28)29)9-15(20)12-26-22(27)17-6-5-16(24)11-19(17)25/h3-11H,12H2,1-2H3,(H,26,27)(H,28,29). The van der Waals surface area contributed by atoms with Gasteiger partial charge < -0.3 is 19.9 Å². The van der Waals surface area contributed by atoms with Gasteiger partial charge in [0.05, 0.1) is 24.8 Å². The van der Waals surface area contributed by atoms with E-state index in [1.807, 2.05) is 12.1 Å². The number of carboxylic acid groups (broad SMARTS) is 1. The lowest BCUT2D eigenvalue weighted by Gasteiger charge is -2.13. The Morgan fingerprint density at radius 1 is 0.871 bits per heavy atom. The van der Waals surface area contributed by atoms with Crippen molar-refractivity contribution in [2.75, 3.05) is 14.2 Å². The fourth-order valence-corrected chi connectivity index (χ4v) is 3.59. The molecule has 8 heteroatoms. The van der Waals surface area contributed by atoms with Crippen LogP contribution in [0.1, 0.15) is 26.3 Å². The van der Waals surface area contributed by atoms with Gasteiger partial charge in [0.1, 0.15) is 17.1 Å². The molecule has 0 saturated heterocycles. The van der Waals surface area contributed by atoms with E-state index in [1.54, 1.807) is 36.4 Å². The van der Waals surface area contributed by atoms with Gasteiger partial charge in [-0.15, -0.1) is 0 Å². The normalized spacial score (nSPS) is 10.5. The van der Waals surface area contributed by atoms with Crippen molar-refractivity contribution >= 4 is 35.1 Å². The van der Waals surface area contributed by atoms with Crippen molar-refractivity contribution in [1.29, 1.82) is 0 Å². The summed E-state index contributed by atoms with van der Waals surface area (Å²) in [5, 5.41) is 12.9. The Kier molecular flexibility index (Phi) is 7.05. The topological polar surface area (TPSA) is 84.9 Å². The van der Waals surface area contributed by atoms with Gasteiger partial charge in [-0.05, 0) is 53.6 Å². The molecule has 0 fully saturated rings. The summed E-state index contributed by atoms with van der Waals surface area (Å²) in [5.41, 5.74) is 2.53. The third kappa shape index (κ3) is 5.10. The second kappa shape index (κ2) is 9.73. The van der Waals surface area contributed by atoms with Gasteiger partial charge in [0.25, 0.3) is 5.91 Å². The van der Waals surface area contributed by atoms with E-state index in [0.717, 1.165) is 5.56 Å². The Hall–Kier alpha value is -3.22. The third-order valence-corrected chi connectivity index (χ3v) is 5.21. The highest BCUT2D eigenvalue weighted by Gasteiger charge is 2.15. The van der Waals surface area contributed by atoms with E-state index in [4.69, 9.17) is 32.7 Å². The Balaban J connectivity index is 1.88. The third-order valence-electron chi connectivity index (χ3n) is 4.66. The molecule has 0 heterocycles. The predicted octanol–water partition coefficient (Wildman–Crippen LogP) is 5.31. The molecule has 0 aliphatic rings. The summed E-state index contributed by atoms with van der Waals surface area (Å²) in [5.74, 6) is -0.582. The number of hydrogen-bond acceptors (Lipinski definition) is 4. The van der Waals surface area contributed by atoms with Gasteiger partial charge in [0.2, 0.25) is 0 Å². The van der Waals surface area contributed by atoms with Crippen molar-refractivity contribution in [3.05, 3.63) is 81.3 Å². The first-order valence-electron chi connectivity index (χ1n) is 9.16. The molecular formula is C23H19Cl2NO5. The minimum Gasteiger partial charge on any atom is -0.496 e. The van der Waals surface area contributed by atoms with E-state index in [2.05, 4.69) is 5.32 Å². The monoisotopic (exact) mass is 459 g/mol. The maximum atomic E-state index is 12.5. The molecule has 3 aromatic rings. The Bertz CT molecular complexity index is 1150. The van der Waals surface area contributed by atoms with Crippen molar-refractivity contribution < 1.29 is 24.2 Å². The number of ether oxygens (including phenoxy) is 2. The SMILES string of the molecule is COc1ccc(-c2ccc(OC)c(C(=O)O)c2)cc1CNC(=O)c1ccc(Cl)cc1Cl. The van der Waals surface area contributed by atoms with Crippen LogP contribution in [0.25, 0.3) is 11.1 Å². The fraction of sp³-hybridized carbons (Fsp3) is 0.130. The summed E-state index contributed by atoms with van der Waals surface area (Å²) in [6, 6.07) is 15.0. The van der Waals surface area contributed by atoms with Gasteiger partial charge in [0.15, 0.2) is 0 Å². The molecule has 0 aromatic heterocycles. The van der Waals surface area contributed by atoms with E-state index < -0.39 is 5.97 Å². The molecule has 0 atom stereocenters. The zero-order valence-corrected chi connectivity index (χ0v) is 18.3. The second-order valence-electron chi connectivity index (χ2n) is 6.55. The quantitative estimate of drug-likeness (QED) is 0.500. The van der Waals surface area contributed by atoms with E-state index in [-0.39, 0.29) is 28.8 Å². The van der Waals surface area contributed by atoms with Gasteiger partial charge in [-0.2, -0.15) is 0 Å². The zero-order chi connectivity index (χ0) is 22.5. The molecule has 0 saturated carbocycles. The van der Waals surface area contributed by atoms with E-state index in [9.17, 15) is 14.7 Å². The Labute approximate surface area is 189 Å². The van der Waals surface area contributed by atoms with Crippen molar-refractivity contribution in [1.82, 2.24) is 5.32 Å². The first-order valence-corrected chi connectivity index (χ1v) is 9.91. The Morgan fingerprint density at radius 2 is 1.52 bits per heavy atom. The average molecular weight is 460 g/mol. The molecule has 1 amide bonds. The smallest absolute Gasteiger partial charge is 0.339 e. The molecule has 2 N–H and O–H groups in total. The summed E-state index contributed by atoms with van der Waals surface area (Å²) < 4.78 is 10.5. The summed E-state index contributed by atoms with van der Waals surface area (Å²) in [4.78, 5) is 24.1. The van der Waals surface area contributed by atoms with Crippen molar-refractivity contribution in [3.63, 3.8) is 0 Å². The highest BCUT2D eigenvalue weighted by molar-refractivity contribution is 6.36. The van der Waals surface area contributed by atoms with Crippen LogP contribution in [0, 0.1) is 0 Å². The molecule has 31 heavy (non-hydrogen) atoms. The molecule has 6 nitrogen and oxygen atoms in total. The number of benzene rings is 3. The second-order valence-corrected chi connectivity index (χ2v) is 7.40. The number of carbonyl (C=O) groups excluding carboxylic acids is 1. The number of amides is 1. The van der Waals surface area contributed by atoms with E-state index >= 15 is 0 Å². The fourth-order valence-electron chi connectivity index (χ4n) is 3.10. The van der Waals surface area contributed by atoms with Crippen LogP contribution in [0.15, 0.2) is 54.6 Å². The number of methoxy groups -OCH3 is 2. The first-order chi connectivity index (χ1) is 14.8. The molecule has 0 aliphatic carbocycles. The highest BCUT2D eigenvalue weighted by atomic mass is 35.5. The van der Waals surface area contributed by atoms with Crippen LogP contribution in [-0.2, 0) is 6.54 Å². The van der Waals surface area contributed by atoms with Gasteiger partial charge in [0, 0.05) is 17.1 Å². The Morgan fingerprint density at radius 3 is 2.13 bits per heavy atom. The number of rotatable bonds is 7. The summed E-state index contributed by atoms with van der Waals surface area (Å²) in [6.45, 7) is 0.177. The maximum absolute atomic E-state index is 12.5. The van der Waals surface area contributed by atoms with Crippen LogP contribution < -0.4 is 14.8 Å². The molecule has 3 aromatic carbocycles. The first kappa shape index (κ1) is 22.5. The van der Waals surface area contributed by atoms with Crippen molar-refractivity contribution in [2.45, 2.75) is 6.54 Å². The van der Waals surface area contributed by atoms with Gasteiger partial charge in [-0.25, -0.2) is 4.79 Å². The zero-order valence-electron chi connectivity index (χ0n) is 16.7. The van der Waals surface area contributed by atoms with Crippen LogP contribution >= 0.6 is 23.2 Å². The number of hydrogen-bond donors (Lipinski definition) is 2. The van der Waals surface area contributed by atoms with Crippen LogP contribution in [0.5, 0.6) is 11.5 Å². The van der Waals surface area contributed by atoms with Crippen LogP contribution in [0.3, 0.4) is 0 Å². The molecule has 0 bridgehead atoms. The van der Waals surface area contributed by atoms with Crippen molar-refractivity contribution in [2.24, 2.45) is 0 Å². The minimum atomic E-state index is -1.08. The molecule has 0 aliphatic heterocycles. The number of aromatic carboxylic acids is 1. The van der Waals surface area contributed by atoms with Crippen LogP contribution in [0.2, 0.25) is 10.0 Å². The summed E-state index contributed by atoms with van der Waals surface area (Å²) in [7, 11) is 2.95. The lowest BCUT2D eigenvalue weighted by atomic mass is 9.99. The van der Waals surface area contributed by atoms with Gasteiger partial charge in [-0.1, -0.05) is 35.3 Å². The lowest BCUT2D eigenvalue weighted by molar-refractivity contribution is 0.0693. The maximum Gasteiger partial charge on any atom is 0.339 e. The van der Waals surface area contributed by atoms with Crippen molar-refractivity contribution in [3.8, 4) is 22.6 Å². The molecule has 3 rings (SSSR count). The van der Waals surface area contributed by atoms with Gasteiger partial charge >= 0.3 is 5.97 Å². The molecule has 0 unspecified atom stereocenters. The largest absolute Gasteiger partial charge is 0.496 e. The molecule has 160 valence electrons. The predicted molar refractivity (Wildman–Crippen MR) is 120 cm³/mol. The van der Waals surface area contributed by atoms with Crippen LogP contribution in [-0.4, -0.2) is 31.2 Å². The van der Waals surface area contributed by atoms with Crippen LogP contribution in [0.4, 0.5) is 0 Å². The number of halogens is 2. The highest BCUT2D eigenvalue weighted by Crippen LogP contribution is 2.30. The van der Waals surface area contributed by atoms with E-state index in [0.29, 0.717) is 27.5 Å². The van der Waals surface area contributed by atoms with Gasteiger partial charge in [-0.3, -0.25) is 4.79 Å². The molecular weight excluding hydrogens is 441 g/mol.